The molecule has 1 amide bonds. The Labute approximate surface area is 197 Å². The van der Waals surface area contributed by atoms with E-state index in [-0.39, 0.29) is 0 Å². The normalized spacial score (nSPS) is 23.6. The standard InChI is InChI=1S/C19H21Cl2N7O5/c1-8(29)27-18(31)15-14(33-22)13(30)19(32-15)28-7-26-12-16(24-6-25-17(12)28)23-5-9-4-10(20)2-3-11(9)21/h2-4,6-7,13-15,18-19,30-31H,5,22H2,1H3,(H,27,29)(H,23,24,25)/t13-,14+,15+,18-,19-/m1/s1. The largest absolute Gasteiger partial charge is 0.385 e. The number of aromatic nitrogens is 4. The third-order valence-electron chi connectivity index (χ3n) is 5.16. The number of aliphatic hydroxyl groups is 2. The highest BCUT2D eigenvalue weighted by atomic mass is 35.5. The number of nitrogens with two attached hydrogens (primary N) is 1. The van der Waals surface area contributed by atoms with E-state index in [9.17, 15) is 15.0 Å². The van der Waals surface area contributed by atoms with E-state index < -0.39 is 36.7 Å². The Morgan fingerprint density at radius 2 is 2.15 bits per heavy atom. The SMILES string of the molecule is CC(=O)N[C@H](O)[C@H]1O[C@@H](n2cnc3c(NCc4cc(Cl)ccc4Cl)ncnc32)[C@H](O)[C@@H]1ON. The predicted octanol–water partition coefficient (Wildman–Crippen LogP) is 0.717. The van der Waals surface area contributed by atoms with Gasteiger partial charge in [0.05, 0.1) is 6.33 Å². The summed E-state index contributed by atoms with van der Waals surface area (Å²) in [6, 6.07) is 5.13. The molecule has 4 rings (SSSR count). The summed E-state index contributed by atoms with van der Waals surface area (Å²) < 4.78 is 7.24. The first-order chi connectivity index (χ1) is 15.8. The van der Waals surface area contributed by atoms with Crippen molar-refractivity contribution in [2.24, 2.45) is 5.90 Å². The minimum absolute atomic E-state index is 0.328. The van der Waals surface area contributed by atoms with Gasteiger partial charge in [0.15, 0.2) is 29.4 Å². The molecule has 0 unspecified atom stereocenters. The number of aliphatic hydroxyl groups excluding tert-OH is 2. The number of nitrogens with one attached hydrogen (secondary N) is 2. The van der Waals surface area contributed by atoms with Crippen LogP contribution in [-0.2, 0) is 20.9 Å². The lowest BCUT2D eigenvalue weighted by molar-refractivity contribution is -0.133. The zero-order valence-electron chi connectivity index (χ0n) is 17.2. The van der Waals surface area contributed by atoms with Crippen molar-refractivity contribution in [2.75, 3.05) is 5.32 Å². The average molecular weight is 498 g/mol. The second-order valence-electron chi connectivity index (χ2n) is 7.36. The highest BCUT2D eigenvalue weighted by Crippen LogP contribution is 2.34. The van der Waals surface area contributed by atoms with Gasteiger partial charge in [0.2, 0.25) is 5.91 Å². The van der Waals surface area contributed by atoms with Gasteiger partial charge in [-0.3, -0.25) is 14.2 Å². The third kappa shape index (κ3) is 4.73. The van der Waals surface area contributed by atoms with Crippen LogP contribution in [0.3, 0.4) is 0 Å². The molecular weight excluding hydrogens is 477 g/mol. The number of nitrogens with zero attached hydrogens (tertiary/aromatic N) is 4. The van der Waals surface area contributed by atoms with Gasteiger partial charge < -0.3 is 25.6 Å². The van der Waals surface area contributed by atoms with Gasteiger partial charge in [-0.05, 0) is 23.8 Å². The van der Waals surface area contributed by atoms with Gasteiger partial charge in [0.25, 0.3) is 0 Å². The number of ether oxygens (including phenoxy) is 1. The summed E-state index contributed by atoms with van der Waals surface area (Å²) in [4.78, 5) is 28.9. The van der Waals surface area contributed by atoms with Gasteiger partial charge in [0.1, 0.15) is 24.6 Å². The van der Waals surface area contributed by atoms with Crippen LogP contribution in [0, 0.1) is 0 Å². The molecule has 14 heteroatoms. The third-order valence-corrected chi connectivity index (χ3v) is 5.76. The molecule has 1 saturated heterocycles. The monoisotopic (exact) mass is 497 g/mol. The second-order valence-corrected chi connectivity index (χ2v) is 8.21. The molecule has 6 N–H and O–H groups in total. The molecule has 12 nitrogen and oxygen atoms in total. The van der Waals surface area contributed by atoms with Crippen molar-refractivity contribution in [3.63, 3.8) is 0 Å². The van der Waals surface area contributed by atoms with Crippen LogP contribution >= 0.6 is 23.2 Å². The van der Waals surface area contributed by atoms with Crippen molar-refractivity contribution < 1.29 is 24.6 Å². The molecule has 3 aromatic rings. The summed E-state index contributed by atoms with van der Waals surface area (Å²) in [7, 11) is 0. The smallest absolute Gasteiger partial charge is 0.218 e. The number of hydrogen-bond donors (Lipinski definition) is 5. The summed E-state index contributed by atoms with van der Waals surface area (Å²) in [6.45, 7) is 1.56. The fraction of sp³-hybridized carbons (Fsp3) is 0.368. The lowest BCUT2D eigenvalue weighted by Crippen LogP contribution is -2.49. The zero-order chi connectivity index (χ0) is 23.7. The fourth-order valence-electron chi connectivity index (χ4n) is 3.63. The summed E-state index contributed by atoms with van der Waals surface area (Å²) in [5, 5.41) is 27.5. The predicted molar refractivity (Wildman–Crippen MR) is 118 cm³/mol. The molecule has 3 heterocycles. The molecule has 0 bridgehead atoms. The number of rotatable bonds is 7. The maximum Gasteiger partial charge on any atom is 0.218 e. The number of benzene rings is 1. The molecule has 1 aliphatic rings. The van der Waals surface area contributed by atoms with Crippen LogP contribution in [0.1, 0.15) is 18.7 Å². The Morgan fingerprint density at radius 1 is 1.36 bits per heavy atom. The molecule has 33 heavy (non-hydrogen) atoms. The lowest BCUT2D eigenvalue weighted by atomic mass is 10.1. The number of carbonyl (C=O) groups is 1. The number of imidazole rings is 1. The maximum atomic E-state index is 11.3. The first-order valence-electron chi connectivity index (χ1n) is 9.79. The molecule has 0 saturated carbocycles. The van der Waals surface area contributed by atoms with E-state index in [4.69, 9.17) is 38.7 Å². The van der Waals surface area contributed by atoms with Crippen molar-refractivity contribution in [3.05, 3.63) is 46.5 Å². The second kappa shape index (κ2) is 9.73. The fourth-order valence-corrected chi connectivity index (χ4v) is 4.01. The van der Waals surface area contributed by atoms with Crippen molar-refractivity contribution >= 4 is 46.1 Å². The van der Waals surface area contributed by atoms with Crippen LogP contribution in [0.15, 0.2) is 30.9 Å². The van der Waals surface area contributed by atoms with E-state index in [1.807, 2.05) is 0 Å². The van der Waals surface area contributed by atoms with E-state index in [0.29, 0.717) is 33.6 Å². The van der Waals surface area contributed by atoms with Gasteiger partial charge in [-0.2, -0.15) is 0 Å². The molecule has 0 radical (unpaired) electrons. The number of amides is 1. The molecule has 176 valence electrons. The van der Waals surface area contributed by atoms with E-state index in [0.717, 1.165) is 5.56 Å². The molecule has 1 aromatic carbocycles. The number of hydrogen-bond acceptors (Lipinski definition) is 10. The summed E-state index contributed by atoms with van der Waals surface area (Å²) in [5.41, 5.74) is 1.52. The summed E-state index contributed by atoms with van der Waals surface area (Å²) in [6.07, 6.45) is -3.34. The molecule has 1 aliphatic heterocycles. The quantitative estimate of drug-likeness (QED) is 0.231. The Hall–Kier alpha value is -2.58. The molecule has 0 spiro atoms. The van der Waals surface area contributed by atoms with E-state index >= 15 is 0 Å². The van der Waals surface area contributed by atoms with Crippen molar-refractivity contribution in [2.45, 2.75) is 44.2 Å². The average Bonchev–Trinajstić information content (AvgIpc) is 3.34. The van der Waals surface area contributed by atoms with Gasteiger partial charge in [0, 0.05) is 23.5 Å². The van der Waals surface area contributed by atoms with Gasteiger partial charge in [-0.15, -0.1) is 0 Å². The molecule has 2 aromatic heterocycles. The van der Waals surface area contributed by atoms with Crippen molar-refractivity contribution in [1.29, 1.82) is 0 Å². The minimum atomic E-state index is -1.46. The Kier molecular flexibility index (Phi) is 6.95. The first kappa shape index (κ1) is 23.6. The number of halogens is 2. The van der Waals surface area contributed by atoms with E-state index in [1.54, 1.807) is 18.2 Å². The Morgan fingerprint density at radius 3 is 2.88 bits per heavy atom. The maximum absolute atomic E-state index is 11.3. The van der Waals surface area contributed by atoms with Gasteiger partial charge in [-0.1, -0.05) is 23.2 Å². The molecular formula is C19H21Cl2N7O5. The Bertz CT molecular complexity index is 1160. The van der Waals surface area contributed by atoms with Gasteiger partial charge >= 0.3 is 0 Å². The number of carbonyl (C=O) groups excluding carboxylic acids is 1. The minimum Gasteiger partial charge on any atom is -0.385 e. The number of anilines is 1. The molecule has 0 aliphatic carbocycles. The summed E-state index contributed by atoms with van der Waals surface area (Å²) >= 11 is 12.3. The highest BCUT2D eigenvalue weighted by molar-refractivity contribution is 6.33. The lowest BCUT2D eigenvalue weighted by Gasteiger charge is -2.22. The first-order valence-corrected chi connectivity index (χ1v) is 10.5. The van der Waals surface area contributed by atoms with Crippen LogP contribution in [0.4, 0.5) is 5.82 Å². The molecule has 5 atom stereocenters. The van der Waals surface area contributed by atoms with E-state index in [1.165, 1.54) is 24.1 Å². The van der Waals surface area contributed by atoms with E-state index in [2.05, 4.69) is 25.6 Å². The van der Waals surface area contributed by atoms with Crippen molar-refractivity contribution in [1.82, 2.24) is 24.8 Å². The van der Waals surface area contributed by atoms with Crippen LogP contribution in [0.5, 0.6) is 0 Å². The topological polar surface area (TPSA) is 170 Å². The zero-order valence-corrected chi connectivity index (χ0v) is 18.7. The van der Waals surface area contributed by atoms with Crippen LogP contribution < -0.4 is 16.5 Å². The Balaban J connectivity index is 1.59. The highest BCUT2D eigenvalue weighted by Gasteiger charge is 2.49. The van der Waals surface area contributed by atoms with Crippen LogP contribution in [0.2, 0.25) is 10.0 Å². The van der Waals surface area contributed by atoms with Gasteiger partial charge in [-0.25, -0.2) is 20.8 Å². The molecule has 1 fully saturated rings. The number of fused-ring (bicyclic) bond motifs is 1. The van der Waals surface area contributed by atoms with Crippen LogP contribution in [-0.4, -0.2) is 60.2 Å². The van der Waals surface area contributed by atoms with Crippen molar-refractivity contribution in [3.8, 4) is 0 Å². The summed E-state index contributed by atoms with van der Waals surface area (Å²) in [5.74, 6) is 5.24. The van der Waals surface area contributed by atoms with Crippen LogP contribution in [0.25, 0.3) is 11.2 Å².